The molecule has 0 aliphatic heterocycles. The van der Waals surface area contributed by atoms with Crippen LogP contribution in [-0.4, -0.2) is 24.4 Å². The van der Waals surface area contributed by atoms with E-state index in [2.05, 4.69) is 10.3 Å². The van der Waals surface area contributed by atoms with E-state index >= 15 is 0 Å². The van der Waals surface area contributed by atoms with Crippen molar-refractivity contribution in [2.75, 3.05) is 0 Å². The first kappa shape index (κ1) is 22.0. The number of aliphatic hydroxyl groups excluding tert-OH is 1. The Balaban J connectivity index is 1.48. The van der Waals surface area contributed by atoms with Crippen LogP contribution in [0.15, 0.2) is 88.9 Å². The lowest BCUT2D eigenvalue weighted by Gasteiger charge is -2.10. The van der Waals surface area contributed by atoms with Gasteiger partial charge in [0.25, 0.3) is 5.91 Å². The summed E-state index contributed by atoms with van der Waals surface area (Å²) in [6.07, 6.45) is 3.40. The minimum absolute atomic E-state index is 0.0578. The third-order valence-electron chi connectivity index (χ3n) is 5.06. The highest BCUT2D eigenvalue weighted by atomic mass is 35.5. The van der Waals surface area contributed by atoms with Gasteiger partial charge >= 0.3 is 0 Å². The van der Waals surface area contributed by atoms with Crippen LogP contribution in [0, 0.1) is 0 Å². The molecule has 3 aromatic carbocycles. The number of fused-ring (bicyclic) bond motifs is 1. The second kappa shape index (κ2) is 9.08. The molecule has 0 fully saturated rings. The number of pyridine rings is 1. The quantitative estimate of drug-likeness (QED) is 0.445. The summed E-state index contributed by atoms with van der Waals surface area (Å²) in [4.78, 5) is 16.6. The van der Waals surface area contributed by atoms with Gasteiger partial charge in [-0.1, -0.05) is 35.9 Å². The van der Waals surface area contributed by atoms with Gasteiger partial charge in [-0.25, -0.2) is 8.42 Å². The molecule has 4 aromatic rings. The Kier molecular flexibility index (Phi) is 6.23. The fraction of sp³-hybridized carbons (Fsp3) is 0.0833. The molecule has 0 bridgehead atoms. The molecule has 1 heterocycles. The maximum absolute atomic E-state index is 13.0. The predicted octanol–water partition coefficient (Wildman–Crippen LogP) is 4.14. The van der Waals surface area contributed by atoms with Crippen LogP contribution in [0.5, 0.6) is 0 Å². The molecule has 0 atom stereocenters. The van der Waals surface area contributed by atoms with Crippen molar-refractivity contribution in [2.45, 2.75) is 22.9 Å². The number of benzene rings is 3. The van der Waals surface area contributed by atoms with E-state index in [9.17, 15) is 18.3 Å². The molecule has 162 valence electrons. The van der Waals surface area contributed by atoms with E-state index in [1.54, 1.807) is 42.7 Å². The lowest BCUT2D eigenvalue weighted by atomic mass is 10.1. The number of aromatic nitrogens is 1. The van der Waals surface area contributed by atoms with E-state index < -0.39 is 9.84 Å². The molecule has 32 heavy (non-hydrogen) atoms. The number of sulfone groups is 1. The first-order valence-corrected chi connectivity index (χ1v) is 11.6. The minimum Gasteiger partial charge on any atom is -0.392 e. The molecule has 6 nitrogen and oxygen atoms in total. The summed E-state index contributed by atoms with van der Waals surface area (Å²) < 4.78 is 25.9. The monoisotopic (exact) mass is 466 g/mol. The average molecular weight is 467 g/mol. The molecule has 0 saturated carbocycles. The summed E-state index contributed by atoms with van der Waals surface area (Å²) in [7, 11) is -3.85. The summed E-state index contributed by atoms with van der Waals surface area (Å²) in [6.45, 7) is -0.0446. The van der Waals surface area contributed by atoms with Crippen LogP contribution >= 0.6 is 11.6 Å². The van der Waals surface area contributed by atoms with Crippen molar-refractivity contribution in [1.29, 1.82) is 0 Å². The maximum Gasteiger partial charge on any atom is 0.251 e. The Morgan fingerprint density at radius 2 is 1.69 bits per heavy atom. The molecular formula is C24H19ClN2O4S. The molecule has 0 radical (unpaired) electrons. The number of hydrogen-bond donors (Lipinski definition) is 2. The zero-order valence-corrected chi connectivity index (χ0v) is 18.4. The largest absolute Gasteiger partial charge is 0.392 e. The molecule has 2 N–H and O–H groups in total. The summed E-state index contributed by atoms with van der Waals surface area (Å²) in [5.74, 6) is -0.236. The van der Waals surface area contributed by atoms with E-state index in [-0.39, 0.29) is 33.9 Å². The number of nitrogens with one attached hydrogen (secondary N) is 1. The van der Waals surface area contributed by atoms with Crippen molar-refractivity contribution in [2.24, 2.45) is 0 Å². The van der Waals surface area contributed by atoms with Crippen molar-refractivity contribution in [3.05, 3.63) is 101 Å². The van der Waals surface area contributed by atoms with Crippen LogP contribution in [0.2, 0.25) is 5.02 Å². The summed E-state index contributed by atoms with van der Waals surface area (Å²) in [5.41, 5.74) is 1.72. The van der Waals surface area contributed by atoms with Gasteiger partial charge in [-0.05, 0) is 59.0 Å². The van der Waals surface area contributed by atoms with E-state index in [1.807, 2.05) is 12.1 Å². The Morgan fingerprint density at radius 1 is 0.938 bits per heavy atom. The van der Waals surface area contributed by atoms with Crippen LogP contribution in [0.25, 0.3) is 10.8 Å². The normalized spacial score (nSPS) is 11.4. The standard InChI is InChI=1S/C24H19ClN2O4S/c25-22-8-3-17(15-28)11-23(22)32(30,31)21-6-1-16(2-7-21)13-27-24(29)19-5-4-18-9-10-26-14-20(18)12-19/h1-12,14,28H,13,15H2,(H,27,29). The van der Waals surface area contributed by atoms with Gasteiger partial charge < -0.3 is 10.4 Å². The van der Waals surface area contributed by atoms with Crippen molar-refractivity contribution in [1.82, 2.24) is 10.3 Å². The highest BCUT2D eigenvalue weighted by molar-refractivity contribution is 7.91. The molecule has 8 heteroatoms. The van der Waals surface area contributed by atoms with Gasteiger partial charge in [0, 0.05) is 29.9 Å². The topological polar surface area (TPSA) is 96.4 Å². The summed E-state index contributed by atoms with van der Waals surface area (Å²) >= 11 is 6.09. The van der Waals surface area contributed by atoms with Gasteiger partial charge in [-0.15, -0.1) is 0 Å². The Hall–Kier alpha value is -3.26. The number of amides is 1. The SMILES string of the molecule is O=C(NCc1ccc(S(=O)(=O)c2cc(CO)ccc2Cl)cc1)c1ccc2ccncc2c1. The molecule has 4 rings (SSSR count). The van der Waals surface area contributed by atoms with Gasteiger partial charge in [0.05, 0.1) is 21.4 Å². The van der Waals surface area contributed by atoms with E-state index in [0.717, 1.165) is 16.3 Å². The number of halogens is 1. The number of rotatable bonds is 6. The second-order valence-electron chi connectivity index (χ2n) is 7.19. The van der Waals surface area contributed by atoms with Crippen molar-refractivity contribution >= 4 is 38.1 Å². The van der Waals surface area contributed by atoms with Crippen molar-refractivity contribution in [3.63, 3.8) is 0 Å². The number of hydrogen-bond acceptors (Lipinski definition) is 5. The zero-order chi connectivity index (χ0) is 22.7. The minimum atomic E-state index is -3.85. The van der Waals surface area contributed by atoms with Gasteiger partial charge in [-0.2, -0.15) is 0 Å². The molecular weight excluding hydrogens is 448 g/mol. The zero-order valence-electron chi connectivity index (χ0n) is 16.8. The highest BCUT2D eigenvalue weighted by Crippen LogP contribution is 2.29. The number of carbonyl (C=O) groups is 1. The molecule has 0 aliphatic rings. The van der Waals surface area contributed by atoms with E-state index in [0.29, 0.717) is 11.1 Å². The number of nitrogens with zero attached hydrogens (tertiary/aromatic N) is 1. The predicted molar refractivity (Wildman–Crippen MR) is 122 cm³/mol. The highest BCUT2D eigenvalue weighted by Gasteiger charge is 2.21. The molecule has 0 saturated heterocycles. The third kappa shape index (κ3) is 4.50. The van der Waals surface area contributed by atoms with Gasteiger partial charge in [0.2, 0.25) is 9.84 Å². The fourth-order valence-electron chi connectivity index (χ4n) is 3.28. The average Bonchev–Trinajstić information content (AvgIpc) is 2.82. The van der Waals surface area contributed by atoms with Gasteiger partial charge in [0.15, 0.2) is 0 Å². The maximum atomic E-state index is 13.0. The Bertz CT molecular complexity index is 1400. The van der Waals surface area contributed by atoms with E-state index in [1.165, 1.54) is 24.3 Å². The van der Waals surface area contributed by atoms with Crippen LogP contribution in [0.1, 0.15) is 21.5 Å². The van der Waals surface area contributed by atoms with Crippen LogP contribution in [0.3, 0.4) is 0 Å². The Morgan fingerprint density at radius 3 is 2.44 bits per heavy atom. The lowest BCUT2D eigenvalue weighted by molar-refractivity contribution is 0.0951. The molecule has 0 unspecified atom stereocenters. The first-order valence-electron chi connectivity index (χ1n) is 9.74. The van der Waals surface area contributed by atoms with Gasteiger partial charge in [0.1, 0.15) is 0 Å². The molecule has 0 spiro atoms. The summed E-state index contributed by atoms with van der Waals surface area (Å²) in [5, 5.41) is 14.1. The van der Waals surface area contributed by atoms with Crippen LogP contribution in [0.4, 0.5) is 0 Å². The molecule has 0 aliphatic carbocycles. The molecule has 1 amide bonds. The smallest absolute Gasteiger partial charge is 0.251 e. The number of carbonyl (C=O) groups excluding carboxylic acids is 1. The third-order valence-corrected chi connectivity index (χ3v) is 7.31. The summed E-state index contributed by atoms with van der Waals surface area (Å²) in [6, 6.07) is 17.9. The van der Waals surface area contributed by atoms with Crippen molar-refractivity contribution in [3.8, 4) is 0 Å². The molecule has 1 aromatic heterocycles. The fourth-order valence-corrected chi connectivity index (χ4v) is 5.08. The second-order valence-corrected chi connectivity index (χ2v) is 9.52. The van der Waals surface area contributed by atoms with Crippen molar-refractivity contribution < 1.29 is 18.3 Å². The first-order chi connectivity index (χ1) is 15.4. The lowest BCUT2D eigenvalue weighted by Crippen LogP contribution is -2.22. The Labute approximate surface area is 190 Å². The van der Waals surface area contributed by atoms with Crippen LogP contribution in [-0.2, 0) is 23.0 Å². The van der Waals surface area contributed by atoms with Crippen LogP contribution < -0.4 is 5.32 Å². The van der Waals surface area contributed by atoms with Gasteiger partial charge in [-0.3, -0.25) is 9.78 Å². The van der Waals surface area contributed by atoms with E-state index in [4.69, 9.17) is 11.6 Å². The number of aliphatic hydroxyl groups is 1.